The minimum absolute atomic E-state index is 0.0538. The van der Waals surface area contributed by atoms with E-state index in [1.165, 1.54) is 0 Å². The van der Waals surface area contributed by atoms with Crippen molar-refractivity contribution in [2.24, 2.45) is 11.8 Å². The zero-order valence-electron chi connectivity index (χ0n) is 13.7. The molecule has 5 nitrogen and oxygen atoms in total. The van der Waals surface area contributed by atoms with Crippen molar-refractivity contribution in [3.05, 3.63) is 29.6 Å². The highest BCUT2D eigenvalue weighted by atomic mass is 16.3. The Morgan fingerprint density at radius 2 is 2.32 bits per heavy atom. The molecule has 1 saturated heterocycles. The maximum atomic E-state index is 12.6. The largest absolute Gasteiger partial charge is 0.396 e. The molecule has 2 rings (SSSR count). The Hall–Kier alpha value is -1.62. The van der Waals surface area contributed by atoms with Crippen LogP contribution in [0.2, 0.25) is 0 Å². The fourth-order valence-electron chi connectivity index (χ4n) is 3.00. The number of amides is 2. The Labute approximate surface area is 132 Å². The molecule has 0 bridgehead atoms. The lowest BCUT2D eigenvalue weighted by Gasteiger charge is -2.34. The van der Waals surface area contributed by atoms with E-state index in [1.54, 1.807) is 6.20 Å². The van der Waals surface area contributed by atoms with Crippen LogP contribution in [0.3, 0.4) is 0 Å². The molecule has 122 valence electrons. The number of pyridine rings is 1. The molecule has 5 heteroatoms. The zero-order valence-corrected chi connectivity index (χ0v) is 13.7. The number of rotatable bonds is 4. The minimum atomic E-state index is -0.0943. The van der Waals surface area contributed by atoms with Crippen molar-refractivity contribution in [1.29, 1.82) is 0 Å². The van der Waals surface area contributed by atoms with Crippen molar-refractivity contribution in [1.82, 2.24) is 15.2 Å². The van der Waals surface area contributed by atoms with Gasteiger partial charge in [0.2, 0.25) is 0 Å². The second-order valence-electron chi connectivity index (χ2n) is 6.51. The summed E-state index contributed by atoms with van der Waals surface area (Å²) in [5, 5.41) is 12.4. The summed E-state index contributed by atoms with van der Waals surface area (Å²) in [5.74, 6) is 0.463. The number of nitrogens with one attached hydrogen (secondary N) is 1. The van der Waals surface area contributed by atoms with E-state index in [0.29, 0.717) is 6.54 Å². The van der Waals surface area contributed by atoms with Crippen LogP contribution in [-0.4, -0.2) is 40.7 Å². The molecule has 0 saturated carbocycles. The number of aromatic nitrogens is 1. The summed E-state index contributed by atoms with van der Waals surface area (Å²) in [4.78, 5) is 18.8. The van der Waals surface area contributed by atoms with Crippen LogP contribution < -0.4 is 5.32 Å². The summed E-state index contributed by atoms with van der Waals surface area (Å²) < 4.78 is 0. The summed E-state index contributed by atoms with van der Waals surface area (Å²) in [6.07, 6.45) is 3.72. The molecule has 2 heterocycles. The SMILES string of the molecule is Cc1cccnc1C(NC(=O)N1CCCC(CO)C1)C(C)C. The van der Waals surface area contributed by atoms with Crippen molar-refractivity contribution in [2.45, 2.75) is 39.7 Å². The predicted molar refractivity (Wildman–Crippen MR) is 86.5 cm³/mol. The smallest absolute Gasteiger partial charge is 0.317 e. The lowest BCUT2D eigenvalue weighted by molar-refractivity contribution is 0.126. The van der Waals surface area contributed by atoms with Crippen LogP contribution in [0.5, 0.6) is 0 Å². The van der Waals surface area contributed by atoms with Gasteiger partial charge in [0.1, 0.15) is 0 Å². The number of carbonyl (C=O) groups is 1. The third-order valence-electron chi connectivity index (χ3n) is 4.35. The normalized spacial score (nSPS) is 20.0. The minimum Gasteiger partial charge on any atom is -0.396 e. The summed E-state index contributed by atoms with van der Waals surface area (Å²) in [5.41, 5.74) is 2.02. The molecular weight excluding hydrogens is 278 g/mol. The lowest BCUT2D eigenvalue weighted by Crippen LogP contribution is -2.48. The molecule has 0 aromatic carbocycles. The third kappa shape index (κ3) is 3.97. The van der Waals surface area contributed by atoms with Gasteiger partial charge < -0.3 is 15.3 Å². The Kier molecular flexibility index (Phi) is 5.77. The van der Waals surface area contributed by atoms with Gasteiger partial charge in [0.15, 0.2) is 0 Å². The number of aliphatic hydroxyl groups excluding tert-OH is 1. The second-order valence-corrected chi connectivity index (χ2v) is 6.51. The molecule has 0 aliphatic carbocycles. The van der Waals surface area contributed by atoms with Gasteiger partial charge in [0.25, 0.3) is 0 Å². The number of hydrogen-bond acceptors (Lipinski definition) is 3. The Morgan fingerprint density at radius 1 is 1.55 bits per heavy atom. The fraction of sp³-hybridized carbons (Fsp3) is 0.647. The highest BCUT2D eigenvalue weighted by Gasteiger charge is 2.27. The van der Waals surface area contributed by atoms with Crippen molar-refractivity contribution in [3.63, 3.8) is 0 Å². The number of piperidine rings is 1. The van der Waals surface area contributed by atoms with Gasteiger partial charge in [-0.1, -0.05) is 19.9 Å². The maximum absolute atomic E-state index is 12.6. The molecule has 2 unspecified atom stereocenters. The van der Waals surface area contributed by atoms with Crippen molar-refractivity contribution in [3.8, 4) is 0 Å². The monoisotopic (exact) mass is 305 g/mol. The van der Waals surface area contributed by atoms with Crippen molar-refractivity contribution < 1.29 is 9.90 Å². The van der Waals surface area contributed by atoms with Crippen LogP contribution in [-0.2, 0) is 0 Å². The number of nitrogens with zero attached hydrogens (tertiary/aromatic N) is 2. The summed E-state index contributed by atoms with van der Waals surface area (Å²) in [7, 11) is 0. The highest BCUT2D eigenvalue weighted by Crippen LogP contribution is 2.23. The van der Waals surface area contributed by atoms with Crippen molar-refractivity contribution >= 4 is 6.03 Å². The number of aryl methyl sites for hydroxylation is 1. The van der Waals surface area contributed by atoms with E-state index in [9.17, 15) is 9.90 Å². The Bertz CT molecular complexity index is 504. The van der Waals surface area contributed by atoms with Gasteiger partial charge in [-0.25, -0.2) is 4.79 Å². The first-order valence-electron chi connectivity index (χ1n) is 8.10. The molecule has 1 aliphatic heterocycles. The van der Waals surface area contributed by atoms with Gasteiger partial charge in [0.05, 0.1) is 11.7 Å². The molecular formula is C17H27N3O2. The van der Waals surface area contributed by atoms with Crippen molar-refractivity contribution in [2.75, 3.05) is 19.7 Å². The van der Waals surface area contributed by atoms with E-state index in [1.807, 2.05) is 24.0 Å². The molecule has 0 radical (unpaired) electrons. The summed E-state index contributed by atoms with van der Waals surface area (Å²) >= 11 is 0. The number of hydrogen-bond donors (Lipinski definition) is 2. The quantitative estimate of drug-likeness (QED) is 0.898. The van der Waals surface area contributed by atoms with Gasteiger partial charge in [0, 0.05) is 25.9 Å². The topological polar surface area (TPSA) is 65.5 Å². The van der Waals surface area contributed by atoms with Crippen LogP contribution in [0, 0.1) is 18.8 Å². The van der Waals surface area contributed by atoms with Gasteiger partial charge in [-0.2, -0.15) is 0 Å². The zero-order chi connectivity index (χ0) is 16.1. The molecule has 0 spiro atoms. The Morgan fingerprint density at radius 3 is 2.95 bits per heavy atom. The van der Waals surface area contributed by atoms with Gasteiger partial charge in [-0.15, -0.1) is 0 Å². The third-order valence-corrected chi connectivity index (χ3v) is 4.35. The first-order valence-corrected chi connectivity index (χ1v) is 8.10. The molecule has 2 N–H and O–H groups in total. The van der Waals surface area contributed by atoms with Crippen LogP contribution >= 0.6 is 0 Å². The first-order chi connectivity index (χ1) is 10.5. The highest BCUT2D eigenvalue weighted by molar-refractivity contribution is 5.74. The number of likely N-dealkylation sites (tertiary alicyclic amines) is 1. The molecule has 2 amide bonds. The van der Waals surface area contributed by atoms with E-state index in [4.69, 9.17) is 0 Å². The second kappa shape index (κ2) is 7.58. The molecule has 2 atom stereocenters. The van der Waals surface area contributed by atoms with E-state index >= 15 is 0 Å². The van der Waals surface area contributed by atoms with Crippen LogP contribution in [0.15, 0.2) is 18.3 Å². The number of aliphatic hydroxyl groups is 1. The average molecular weight is 305 g/mol. The Balaban J connectivity index is 2.08. The first kappa shape index (κ1) is 16.7. The molecule has 1 aromatic rings. The molecule has 1 fully saturated rings. The van der Waals surface area contributed by atoms with E-state index in [-0.39, 0.29) is 30.5 Å². The molecule has 22 heavy (non-hydrogen) atoms. The standard InChI is InChI=1S/C17H27N3O2/c1-12(2)15(16-13(3)6-4-8-18-16)19-17(22)20-9-5-7-14(10-20)11-21/h4,6,8,12,14-15,21H,5,7,9-11H2,1-3H3,(H,19,22). The predicted octanol–water partition coefficient (Wildman–Crippen LogP) is 2.50. The van der Waals surface area contributed by atoms with Crippen LogP contribution in [0.1, 0.15) is 44.0 Å². The van der Waals surface area contributed by atoms with Crippen LogP contribution in [0.4, 0.5) is 4.79 Å². The number of urea groups is 1. The van der Waals surface area contributed by atoms with Crippen LogP contribution in [0.25, 0.3) is 0 Å². The lowest BCUT2D eigenvalue weighted by atomic mass is 9.97. The average Bonchev–Trinajstić information content (AvgIpc) is 2.53. The molecule has 1 aromatic heterocycles. The van der Waals surface area contributed by atoms with E-state index < -0.39 is 0 Å². The molecule has 1 aliphatic rings. The fourth-order valence-corrected chi connectivity index (χ4v) is 3.00. The van der Waals surface area contributed by atoms with Gasteiger partial charge >= 0.3 is 6.03 Å². The van der Waals surface area contributed by atoms with Gasteiger partial charge in [-0.3, -0.25) is 4.98 Å². The maximum Gasteiger partial charge on any atom is 0.317 e. The number of carbonyl (C=O) groups excluding carboxylic acids is 1. The van der Waals surface area contributed by atoms with E-state index in [0.717, 1.165) is 30.6 Å². The van der Waals surface area contributed by atoms with Gasteiger partial charge in [-0.05, 0) is 43.2 Å². The summed E-state index contributed by atoms with van der Waals surface area (Å²) in [6.45, 7) is 7.74. The van der Waals surface area contributed by atoms with E-state index in [2.05, 4.69) is 24.1 Å². The summed E-state index contributed by atoms with van der Waals surface area (Å²) in [6, 6.07) is 3.78.